The third-order valence-electron chi connectivity index (χ3n) is 1.54. The van der Waals surface area contributed by atoms with Gasteiger partial charge in [0, 0.05) is 12.6 Å². The van der Waals surface area contributed by atoms with Crippen LogP contribution < -0.4 is 11.1 Å². The zero-order chi connectivity index (χ0) is 9.52. The summed E-state index contributed by atoms with van der Waals surface area (Å²) in [7, 11) is 0. The van der Waals surface area contributed by atoms with E-state index in [2.05, 4.69) is 10.3 Å². The van der Waals surface area contributed by atoms with Gasteiger partial charge in [-0.05, 0) is 25.1 Å². The fraction of sp³-hybridized carbons (Fsp3) is 0.333. The number of nitrogens with one attached hydrogen (secondary N) is 1. The van der Waals surface area contributed by atoms with Crippen molar-refractivity contribution in [2.45, 2.75) is 12.8 Å². The maximum Gasteiger partial charge on any atom is 0.225 e. The standard InChI is InChI=1S/C9H13N3O/c10-6-3-5-9(13)12-8-4-1-2-7-11-8/h1-2,4,7H,3,5-6,10H2,(H,11,12,13). The molecule has 1 heterocycles. The molecule has 0 bridgehead atoms. The van der Waals surface area contributed by atoms with Crippen molar-refractivity contribution in [2.24, 2.45) is 5.73 Å². The van der Waals surface area contributed by atoms with Crippen LogP contribution in [0.5, 0.6) is 0 Å². The van der Waals surface area contributed by atoms with Gasteiger partial charge in [0.15, 0.2) is 0 Å². The second-order valence-corrected chi connectivity index (χ2v) is 2.66. The van der Waals surface area contributed by atoms with Crippen molar-refractivity contribution in [3.63, 3.8) is 0 Å². The van der Waals surface area contributed by atoms with E-state index in [0.717, 1.165) is 0 Å². The van der Waals surface area contributed by atoms with Gasteiger partial charge >= 0.3 is 0 Å². The number of aromatic nitrogens is 1. The molecule has 0 spiro atoms. The highest BCUT2D eigenvalue weighted by Gasteiger charge is 2.00. The van der Waals surface area contributed by atoms with Crippen LogP contribution in [-0.2, 0) is 4.79 Å². The molecule has 1 rings (SSSR count). The highest BCUT2D eigenvalue weighted by atomic mass is 16.1. The van der Waals surface area contributed by atoms with E-state index in [-0.39, 0.29) is 5.91 Å². The summed E-state index contributed by atoms with van der Waals surface area (Å²) in [6.45, 7) is 0.537. The summed E-state index contributed by atoms with van der Waals surface area (Å²) in [6.07, 6.45) is 2.80. The lowest BCUT2D eigenvalue weighted by Gasteiger charge is -2.02. The van der Waals surface area contributed by atoms with Crippen molar-refractivity contribution >= 4 is 11.7 Å². The largest absolute Gasteiger partial charge is 0.330 e. The number of nitrogens with zero attached hydrogens (tertiary/aromatic N) is 1. The summed E-state index contributed by atoms with van der Waals surface area (Å²) in [5, 5.41) is 2.67. The van der Waals surface area contributed by atoms with Gasteiger partial charge in [0.05, 0.1) is 0 Å². The van der Waals surface area contributed by atoms with Crippen LogP contribution in [0.15, 0.2) is 24.4 Å². The highest BCUT2D eigenvalue weighted by Crippen LogP contribution is 2.00. The summed E-state index contributed by atoms with van der Waals surface area (Å²) in [6, 6.07) is 5.38. The van der Waals surface area contributed by atoms with Crippen molar-refractivity contribution < 1.29 is 4.79 Å². The molecule has 0 fully saturated rings. The van der Waals surface area contributed by atoms with Crippen molar-refractivity contribution in [1.29, 1.82) is 0 Å². The van der Waals surface area contributed by atoms with Crippen molar-refractivity contribution in [2.75, 3.05) is 11.9 Å². The summed E-state index contributed by atoms with van der Waals surface area (Å²) >= 11 is 0. The Labute approximate surface area is 77.2 Å². The topological polar surface area (TPSA) is 68.0 Å². The summed E-state index contributed by atoms with van der Waals surface area (Å²) in [5.74, 6) is 0.550. The molecular formula is C9H13N3O. The second-order valence-electron chi connectivity index (χ2n) is 2.66. The predicted molar refractivity (Wildman–Crippen MR) is 51.2 cm³/mol. The molecule has 1 amide bonds. The minimum atomic E-state index is -0.0378. The third-order valence-corrected chi connectivity index (χ3v) is 1.54. The van der Waals surface area contributed by atoms with Crippen molar-refractivity contribution in [3.8, 4) is 0 Å². The Morgan fingerprint density at radius 3 is 3.00 bits per heavy atom. The number of anilines is 1. The highest BCUT2D eigenvalue weighted by molar-refractivity contribution is 5.89. The van der Waals surface area contributed by atoms with E-state index in [4.69, 9.17) is 5.73 Å². The van der Waals surface area contributed by atoms with E-state index in [1.807, 2.05) is 6.07 Å². The minimum absolute atomic E-state index is 0.0378. The zero-order valence-electron chi connectivity index (χ0n) is 7.36. The Morgan fingerprint density at radius 2 is 2.38 bits per heavy atom. The molecule has 13 heavy (non-hydrogen) atoms. The van der Waals surface area contributed by atoms with Crippen LogP contribution in [0.25, 0.3) is 0 Å². The molecule has 0 saturated carbocycles. The van der Waals surface area contributed by atoms with Crippen LogP contribution in [0.4, 0.5) is 5.82 Å². The third kappa shape index (κ3) is 3.66. The number of pyridine rings is 1. The second kappa shape index (κ2) is 5.27. The fourth-order valence-corrected chi connectivity index (χ4v) is 0.905. The Morgan fingerprint density at radius 1 is 1.54 bits per heavy atom. The normalized spacial score (nSPS) is 9.62. The molecule has 0 unspecified atom stereocenters. The first-order chi connectivity index (χ1) is 6.33. The fourth-order valence-electron chi connectivity index (χ4n) is 0.905. The van der Waals surface area contributed by atoms with Crippen molar-refractivity contribution in [3.05, 3.63) is 24.4 Å². The molecule has 0 aliphatic heterocycles. The molecule has 4 nitrogen and oxygen atoms in total. The van der Waals surface area contributed by atoms with Gasteiger partial charge in [0.25, 0.3) is 0 Å². The van der Waals surface area contributed by atoms with Crippen LogP contribution in [0.2, 0.25) is 0 Å². The van der Waals surface area contributed by atoms with Crippen LogP contribution >= 0.6 is 0 Å². The van der Waals surface area contributed by atoms with E-state index in [0.29, 0.717) is 25.2 Å². The molecule has 70 valence electrons. The van der Waals surface area contributed by atoms with E-state index in [1.54, 1.807) is 18.3 Å². The first-order valence-corrected chi connectivity index (χ1v) is 4.24. The van der Waals surface area contributed by atoms with Gasteiger partial charge in [-0.25, -0.2) is 4.98 Å². The average molecular weight is 179 g/mol. The molecule has 0 saturated heterocycles. The molecule has 1 aromatic rings. The first kappa shape index (κ1) is 9.67. The number of nitrogens with two attached hydrogens (primary N) is 1. The summed E-state index contributed by atoms with van der Waals surface area (Å²) in [4.78, 5) is 15.1. The van der Waals surface area contributed by atoms with Gasteiger partial charge < -0.3 is 11.1 Å². The van der Waals surface area contributed by atoms with E-state index in [9.17, 15) is 4.79 Å². The molecule has 4 heteroatoms. The Balaban J connectivity index is 2.37. The molecule has 0 aliphatic carbocycles. The monoisotopic (exact) mass is 179 g/mol. The number of carbonyl (C=O) groups is 1. The summed E-state index contributed by atoms with van der Waals surface area (Å²) in [5.41, 5.74) is 5.27. The maximum absolute atomic E-state index is 11.2. The SMILES string of the molecule is NCCCC(=O)Nc1ccccn1. The molecular weight excluding hydrogens is 166 g/mol. The zero-order valence-corrected chi connectivity index (χ0v) is 7.36. The Hall–Kier alpha value is -1.42. The van der Waals surface area contributed by atoms with Crippen molar-refractivity contribution in [1.82, 2.24) is 4.98 Å². The smallest absolute Gasteiger partial charge is 0.225 e. The molecule has 0 aromatic carbocycles. The van der Waals surface area contributed by atoms with Gasteiger partial charge in [0.1, 0.15) is 5.82 Å². The van der Waals surface area contributed by atoms with Crippen LogP contribution in [0.1, 0.15) is 12.8 Å². The Bertz CT molecular complexity index is 261. The lowest BCUT2D eigenvalue weighted by Crippen LogP contribution is -2.13. The van der Waals surface area contributed by atoms with E-state index >= 15 is 0 Å². The van der Waals surface area contributed by atoms with Crippen LogP contribution in [0.3, 0.4) is 0 Å². The minimum Gasteiger partial charge on any atom is -0.330 e. The molecule has 0 atom stereocenters. The first-order valence-electron chi connectivity index (χ1n) is 4.24. The van der Waals surface area contributed by atoms with E-state index < -0.39 is 0 Å². The number of hydrogen-bond donors (Lipinski definition) is 2. The summed E-state index contributed by atoms with van der Waals surface area (Å²) < 4.78 is 0. The van der Waals surface area contributed by atoms with E-state index in [1.165, 1.54) is 0 Å². The average Bonchev–Trinajstić information content (AvgIpc) is 2.16. The lowest BCUT2D eigenvalue weighted by molar-refractivity contribution is -0.116. The number of carbonyl (C=O) groups excluding carboxylic acids is 1. The van der Waals surface area contributed by atoms with Gasteiger partial charge in [-0.15, -0.1) is 0 Å². The quantitative estimate of drug-likeness (QED) is 0.717. The maximum atomic E-state index is 11.2. The Kier molecular flexibility index (Phi) is 3.92. The molecule has 0 aliphatic rings. The predicted octanol–water partition coefficient (Wildman–Crippen LogP) is 0.759. The molecule has 3 N–H and O–H groups in total. The van der Waals surface area contributed by atoms with Crippen LogP contribution in [-0.4, -0.2) is 17.4 Å². The van der Waals surface area contributed by atoms with Gasteiger partial charge in [0.2, 0.25) is 5.91 Å². The van der Waals surface area contributed by atoms with Gasteiger partial charge in [-0.1, -0.05) is 6.07 Å². The number of amides is 1. The van der Waals surface area contributed by atoms with Crippen LogP contribution in [0, 0.1) is 0 Å². The number of rotatable bonds is 4. The van der Waals surface area contributed by atoms with Gasteiger partial charge in [-0.3, -0.25) is 4.79 Å². The molecule has 1 aromatic heterocycles. The number of hydrogen-bond acceptors (Lipinski definition) is 3. The van der Waals surface area contributed by atoms with Gasteiger partial charge in [-0.2, -0.15) is 0 Å². The molecule has 0 radical (unpaired) electrons. The lowest BCUT2D eigenvalue weighted by atomic mass is 10.3.